The van der Waals surface area contributed by atoms with Crippen LogP contribution in [0.2, 0.25) is 0 Å². The summed E-state index contributed by atoms with van der Waals surface area (Å²) in [6, 6.07) is 0. The lowest BCUT2D eigenvalue weighted by atomic mass is 9.57. The summed E-state index contributed by atoms with van der Waals surface area (Å²) in [6.07, 6.45) is 5.10. The maximum atomic E-state index is 12.5. The van der Waals surface area contributed by atoms with Gasteiger partial charge in [0.15, 0.2) is 5.60 Å². The molecule has 1 saturated carbocycles. The molecule has 5 nitrogen and oxygen atoms in total. The van der Waals surface area contributed by atoms with Crippen LogP contribution in [0.3, 0.4) is 0 Å². The van der Waals surface area contributed by atoms with Crippen LogP contribution in [0.15, 0.2) is 0 Å². The van der Waals surface area contributed by atoms with Crippen LogP contribution < -0.4 is 0 Å². The highest BCUT2D eigenvalue weighted by Crippen LogP contribution is 2.60. The highest BCUT2D eigenvalue weighted by Gasteiger charge is 2.70. The summed E-state index contributed by atoms with van der Waals surface area (Å²) in [5, 5.41) is 0. The zero-order valence-electron chi connectivity index (χ0n) is 13.7. The number of carbonyl (C=O) groups is 1. The van der Waals surface area contributed by atoms with Gasteiger partial charge in [-0.2, -0.15) is 0 Å². The number of hydrogen-bond donors (Lipinski definition) is 0. The molecular formula is C17H26O5. The average molecular weight is 310 g/mol. The Morgan fingerprint density at radius 2 is 2.00 bits per heavy atom. The molecule has 7 atom stereocenters. The quantitative estimate of drug-likeness (QED) is 0.579. The van der Waals surface area contributed by atoms with Gasteiger partial charge in [0.2, 0.25) is 12.1 Å². The largest absolute Gasteiger partial charge is 0.432 e. The van der Waals surface area contributed by atoms with Crippen molar-refractivity contribution in [2.45, 2.75) is 77.0 Å². The first-order chi connectivity index (χ1) is 10.5. The molecule has 2 bridgehead atoms. The summed E-state index contributed by atoms with van der Waals surface area (Å²) in [5.41, 5.74) is -0.610. The molecule has 22 heavy (non-hydrogen) atoms. The van der Waals surface area contributed by atoms with Crippen LogP contribution in [0.25, 0.3) is 0 Å². The van der Waals surface area contributed by atoms with Gasteiger partial charge in [0.25, 0.3) is 0 Å². The minimum absolute atomic E-state index is 0.0918. The number of ether oxygens (including phenoxy) is 2. The molecule has 0 aromatic carbocycles. The zero-order valence-corrected chi connectivity index (χ0v) is 13.7. The second-order valence-corrected chi connectivity index (χ2v) is 7.74. The Hall–Kier alpha value is -0.650. The number of carbonyl (C=O) groups excluding carboxylic acids is 1. The third-order valence-corrected chi connectivity index (χ3v) is 6.39. The van der Waals surface area contributed by atoms with E-state index in [1.165, 1.54) is 0 Å². The van der Waals surface area contributed by atoms with E-state index in [1.54, 1.807) is 0 Å². The molecule has 0 N–H and O–H groups in total. The summed E-state index contributed by atoms with van der Waals surface area (Å²) in [4.78, 5) is 24.3. The Labute approximate surface area is 131 Å². The first-order valence-electron chi connectivity index (χ1n) is 8.75. The fraction of sp³-hybridized carbons (Fsp3) is 0.941. The van der Waals surface area contributed by atoms with E-state index in [9.17, 15) is 4.79 Å². The Kier molecular flexibility index (Phi) is 3.34. The fourth-order valence-electron chi connectivity index (χ4n) is 5.25. The van der Waals surface area contributed by atoms with Crippen molar-refractivity contribution in [1.29, 1.82) is 0 Å². The van der Waals surface area contributed by atoms with Crippen molar-refractivity contribution in [1.82, 2.24) is 0 Å². The standard InChI is InChI=1S/C17H26O5/c1-4-5-11-13-7-6-10(2)12-8-9-16(3)20-15(19-14(11)18)17(12,13)22-21-16/h10-13,15H,4-9H2,1-3H3/t10-,11-,12+,13+,15-,16+,17-/m1/s1. The minimum Gasteiger partial charge on any atom is -0.432 e. The summed E-state index contributed by atoms with van der Waals surface area (Å²) in [6.45, 7) is 6.27. The van der Waals surface area contributed by atoms with Gasteiger partial charge in [-0.1, -0.05) is 20.3 Å². The van der Waals surface area contributed by atoms with Gasteiger partial charge in [0.1, 0.15) is 0 Å². The first-order valence-corrected chi connectivity index (χ1v) is 8.75. The highest BCUT2D eigenvalue weighted by molar-refractivity contribution is 5.74. The molecule has 124 valence electrons. The summed E-state index contributed by atoms with van der Waals surface area (Å²) < 4.78 is 11.8. The molecule has 5 fully saturated rings. The lowest BCUT2D eigenvalue weighted by Gasteiger charge is -2.58. The van der Waals surface area contributed by atoms with E-state index in [0.717, 1.165) is 38.5 Å². The second-order valence-electron chi connectivity index (χ2n) is 7.74. The molecule has 1 spiro atoms. The molecule has 4 saturated heterocycles. The van der Waals surface area contributed by atoms with Gasteiger partial charge in [0, 0.05) is 18.3 Å². The Morgan fingerprint density at radius 1 is 1.18 bits per heavy atom. The van der Waals surface area contributed by atoms with E-state index in [1.807, 2.05) is 6.92 Å². The van der Waals surface area contributed by atoms with Gasteiger partial charge in [-0.05, 0) is 38.5 Å². The predicted molar refractivity (Wildman–Crippen MR) is 77.3 cm³/mol. The van der Waals surface area contributed by atoms with Gasteiger partial charge in [-0.15, -0.1) is 0 Å². The third kappa shape index (κ3) is 1.85. The zero-order chi connectivity index (χ0) is 15.5. The van der Waals surface area contributed by atoms with Crippen molar-refractivity contribution in [3.8, 4) is 0 Å². The lowest BCUT2D eigenvalue weighted by Crippen LogP contribution is -2.70. The van der Waals surface area contributed by atoms with Crippen molar-refractivity contribution in [3.05, 3.63) is 0 Å². The van der Waals surface area contributed by atoms with Crippen LogP contribution in [0.5, 0.6) is 0 Å². The molecule has 0 amide bonds. The fourth-order valence-corrected chi connectivity index (χ4v) is 5.25. The van der Waals surface area contributed by atoms with Crippen LogP contribution in [-0.2, 0) is 24.0 Å². The third-order valence-electron chi connectivity index (χ3n) is 6.39. The second kappa shape index (κ2) is 4.92. The molecule has 5 heteroatoms. The molecule has 5 rings (SSSR count). The van der Waals surface area contributed by atoms with Gasteiger partial charge >= 0.3 is 5.97 Å². The monoisotopic (exact) mass is 310 g/mol. The molecule has 4 heterocycles. The number of esters is 1. The van der Waals surface area contributed by atoms with E-state index >= 15 is 0 Å². The smallest absolute Gasteiger partial charge is 0.311 e. The van der Waals surface area contributed by atoms with E-state index in [4.69, 9.17) is 19.2 Å². The van der Waals surface area contributed by atoms with E-state index in [0.29, 0.717) is 11.8 Å². The molecule has 0 aromatic rings. The molecule has 0 radical (unpaired) electrons. The Morgan fingerprint density at radius 3 is 2.77 bits per heavy atom. The highest BCUT2D eigenvalue weighted by atomic mass is 17.3. The van der Waals surface area contributed by atoms with Crippen LogP contribution in [-0.4, -0.2) is 23.6 Å². The number of hydrogen-bond acceptors (Lipinski definition) is 5. The number of fused-ring (bicyclic) bond motifs is 2. The molecule has 4 aliphatic heterocycles. The predicted octanol–water partition coefficient (Wildman–Crippen LogP) is 3.18. The normalized spacial score (nSPS) is 53.6. The van der Waals surface area contributed by atoms with Gasteiger partial charge < -0.3 is 9.47 Å². The van der Waals surface area contributed by atoms with E-state index in [2.05, 4.69) is 13.8 Å². The van der Waals surface area contributed by atoms with Gasteiger partial charge in [-0.3, -0.25) is 4.79 Å². The summed E-state index contributed by atoms with van der Waals surface area (Å²) in [7, 11) is 0. The van der Waals surface area contributed by atoms with Crippen LogP contribution in [0.1, 0.15) is 59.3 Å². The van der Waals surface area contributed by atoms with Crippen molar-refractivity contribution in [3.63, 3.8) is 0 Å². The maximum absolute atomic E-state index is 12.5. The van der Waals surface area contributed by atoms with Crippen LogP contribution in [0.4, 0.5) is 0 Å². The van der Waals surface area contributed by atoms with Gasteiger partial charge in [0.05, 0.1) is 5.92 Å². The van der Waals surface area contributed by atoms with Crippen LogP contribution in [0, 0.1) is 23.7 Å². The first kappa shape index (κ1) is 14.9. The molecule has 0 unspecified atom stereocenters. The molecular weight excluding hydrogens is 284 g/mol. The van der Waals surface area contributed by atoms with Crippen molar-refractivity contribution in [2.75, 3.05) is 0 Å². The summed E-state index contributed by atoms with van der Waals surface area (Å²) in [5.74, 6) is -0.00225. The van der Waals surface area contributed by atoms with Crippen molar-refractivity contribution >= 4 is 5.97 Å². The van der Waals surface area contributed by atoms with Gasteiger partial charge in [-0.25, -0.2) is 9.78 Å². The summed E-state index contributed by atoms with van der Waals surface area (Å²) >= 11 is 0. The van der Waals surface area contributed by atoms with Crippen molar-refractivity contribution in [2.24, 2.45) is 23.7 Å². The average Bonchev–Trinajstić information content (AvgIpc) is 2.70. The van der Waals surface area contributed by atoms with E-state index in [-0.39, 0.29) is 17.8 Å². The number of rotatable bonds is 2. The maximum Gasteiger partial charge on any atom is 0.311 e. The SMILES string of the molecule is CCC[C@H]1C(=O)O[C@@H]2O[C@]3(C)CC[C@H]4[C@H](C)CC[C@@H]1[C@@]24OO3. The van der Waals surface area contributed by atoms with E-state index < -0.39 is 17.7 Å². The Bertz CT molecular complexity index is 480. The van der Waals surface area contributed by atoms with Crippen LogP contribution >= 0.6 is 0 Å². The van der Waals surface area contributed by atoms with Crippen molar-refractivity contribution < 1.29 is 24.0 Å². The molecule has 1 aliphatic carbocycles. The molecule has 5 aliphatic rings. The Balaban J connectivity index is 1.79. The minimum atomic E-state index is -0.796. The lowest BCUT2D eigenvalue weighted by molar-refractivity contribution is -0.559. The molecule has 0 aromatic heterocycles. The topological polar surface area (TPSA) is 54.0 Å².